The molecule has 3 aromatic rings. The molecule has 2 heterocycles. The normalized spacial score (nSPS) is 10.8. The van der Waals surface area contributed by atoms with E-state index in [1.54, 1.807) is 38.1 Å². The minimum absolute atomic E-state index is 0.0554. The highest BCUT2D eigenvalue weighted by Crippen LogP contribution is 2.23. The van der Waals surface area contributed by atoms with Crippen LogP contribution in [-0.2, 0) is 22.6 Å². The summed E-state index contributed by atoms with van der Waals surface area (Å²) in [5.41, 5.74) is 2.08. The summed E-state index contributed by atoms with van der Waals surface area (Å²) < 4.78 is 29.0. The molecule has 0 bridgehead atoms. The lowest BCUT2D eigenvalue weighted by atomic mass is 10.1. The van der Waals surface area contributed by atoms with Crippen LogP contribution in [0.25, 0.3) is 11.3 Å². The van der Waals surface area contributed by atoms with Crippen molar-refractivity contribution in [2.75, 3.05) is 0 Å². The number of ether oxygens (including phenoxy) is 1. The van der Waals surface area contributed by atoms with E-state index in [4.69, 9.17) is 13.8 Å². The number of carbonyl (C=O) groups is 1. The first-order chi connectivity index (χ1) is 11.5. The van der Waals surface area contributed by atoms with E-state index >= 15 is 0 Å². The molecule has 6 nitrogen and oxygen atoms in total. The molecule has 0 aliphatic carbocycles. The maximum absolute atomic E-state index is 13.7. The lowest BCUT2D eigenvalue weighted by Gasteiger charge is -2.02. The second-order valence-corrected chi connectivity index (χ2v) is 5.30. The number of halogens is 1. The SMILES string of the molecule is Cc1noc(C)c1CC(=O)OCc1cc(-c2ccccc2F)on1. The average Bonchev–Trinajstić information content (AvgIpc) is 3.15. The van der Waals surface area contributed by atoms with E-state index in [-0.39, 0.29) is 18.8 Å². The molecule has 0 radical (unpaired) electrons. The van der Waals surface area contributed by atoms with Crippen LogP contribution in [0.1, 0.15) is 22.7 Å². The third kappa shape index (κ3) is 3.34. The Balaban J connectivity index is 1.62. The van der Waals surface area contributed by atoms with Crippen LogP contribution in [-0.4, -0.2) is 16.3 Å². The molecule has 0 saturated carbocycles. The predicted octanol–water partition coefficient (Wildman–Crippen LogP) is 3.37. The van der Waals surface area contributed by atoms with Crippen molar-refractivity contribution >= 4 is 5.97 Å². The van der Waals surface area contributed by atoms with E-state index in [2.05, 4.69) is 10.3 Å². The van der Waals surface area contributed by atoms with Gasteiger partial charge in [0.25, 0.3) is 0 Å². The Morgan fingerprint density at radius 1 is 1.21 bits per heavy atom. The van der Waals surface area contributed by atoms with Gasteiger partial charge in [0.1, 0.15) is 23.9 Å². The van der Waals surface area contributed by atoms with Crippen molar-refractivity contribution in [2.24, 2.45) is 0 Å². The van der Waals surface area contributed by atoms with E-state index in [0.29, 0.717) is 28.3 Å². The fraction of sp³-hybridized carbons (Fsp3) is 0.235. The molecular formula is C17H15FN2O4. The summed E-state index contributed by atoms with van der Waals surface area (Å²) in [6.45, 7) is 3.44. The van der Waals surface area contributed by atoms with Gasteiger partial charge in [-0.1, -0.05) is 22.4 Å². The number of hydrogen-bond donors (Lipinski definition) is 0. The standard InChI is InChI=1S/C17H15FN2O4/c1-10-14(11(2)23-19-10)8-17(21)22-9-12-7-16(24-20-12)13-5-3-4-6-15(13)18/h3-7H,8-9H2,1-2H3. The predicted molar refractivity (Wildman–Crippen MR) is 81.4 cm³/mol. The zero-order valence-corrected chi connectivity index (χ0v) is 13.2. The molecule has 124 valence electrons. The van der Waals surface area contributed by atoms with Crippen molar-refractivity contribution in [1.29, 1.82) is 0 Å². The minimum Gasteiger partial charge on any atom is -0.459 e. The Bertz CT molecular complexity index is 850. The van der Waals surface area contributed by atoms with E-state index in [1.807, 2.05) is 0 Å². The van der Waals surface area contributed by atoms with Gasteiger partial charge in [0.05, 0.1) is 17.7 Å². The number of nitrogens with zero attached hydrogens (tertiary/aromatic N) is 2. The fourth-order valence-corrected chi connectivity index (χ4v) is 2.27. The van der Waals surface area contributed by atoms with Crippen molar-refractivity contribution in [2.45, 2.75) is 26.9 Å². The monoisotopic (exact) mass is 330 g/mol. The van der Waals surface area contributed by atoms with E-state index in [9.17, 15) is 9.18 Å². The molecule has 24 heavy (non-hydrogen) atoms. The second-order valence-electron chi connectivity index (χ2n) is 5.30. The number of carbonyl (C=O) groups excluding carboxylic acids is 1. The first-order valence-electron chi connectivity index (χ1n) is 7.32. The number of hydrogen-bond acceptors (Lipinski definition) is 6. The first kappa shape index (κ1) is 15.9. The third-order valence-corrected chi connectivity index (χ3v) is 3.58. The lowest BCUT2D eigenvalue weighted by Crippen LogP contribution is -2.09. The van der Waals surface area contributed by atoms with Crippen LogP contribution < -0.4 is 0 Å². The smallest absolute Gasteiger partial charge is 0.310 e. The van der Waals surface area contributed by atoms with Crippen LogP contribution in [0.5, 0.6) is 0 Å². The molecule has 0 unspecified atom stereocenters. The number of benzene rings is 1. The number of rotatable bonds is 5. The molecular weight excluding hydrogens is 315 g/mol. The van der Waals surface area contributed by atoms with Gasteiger partial charge in [-0.05, 0) is 26.0 Å². The summed E-state index contributed by atoms with van der Waals surface area (Å²) in [5.74, 6) is 0.0352. The maximum atomic E-state index is 13.7. The van der Waals surface area contributed by atoms with Gasteiger partial charge in [0.2, 0.25) is 0 Å². The van der Waals surface area contributed by atoms with Gasteiger partial charge in [-0.15, -0.1) is 0 Å². The van der Waals surface area contributed by atoms with Crippen LogP contribution in [0.4, 0.5) is 4.39 Å². The van der Waals surface area contributed by atoms with Gasteiger partial charge in [-0.25, -0.2) is 4.39 Å². The highest BCUT2D eigenvalue weighted by atomic mass is 19.1. The molecule has 1 aromatic carbocycles. The molecule has 0 spiro atoms. The second kappa shape index (κ2) is 6.66. The summed E-state index contributed by atoms with van der Waals surface area (Å²) in [6.07, 6.45) is 0.0686. The topological polar surface area (TPSA) is 78.4 Å². The zero-order valence-electron chi connectivity index (χ0n) is 13.2. The molecule has 3 rings (SSSR count). The van der Waals surface area contributed by atoms with Gasteiger partial charge < -0.3 is 13.8 Å². The Hall–Kier alpha value is -2.96. The Labute approximate surface area is 137 Å². The molecule has 0 amide bonds. The number of aryl methyl sites for hydroxylation is 2. The summed E-state index contributed by atoms with van der Waals surface area (Å²) in [7, 11) is 0. The molecule has 2 aromatic heterocycles. The van der Waals surface area contributed by atoms with Crippen molar-refractivity contribution in [1.82, 2.24) is 10.3 Å². The quantitative estimate of drug-likeness (QED) is 0.667. The number of aromatic nitrogens is 2. The van der Waals surface area contributed by atoms with Crippen LogP contribution >= 0.6 is 0 Å². The summed E-state index contributed by atoms with van der Waals surface area (Å²) in [6, 6.07) is 7.75. The Morgan fingerprint density at radius 3 is 2.71 bits per heavy atom. The number of esters is 1. The van der Waals surface area contributed by atoms with E-state index in [1.165, 1.54) is 6.07 Å². The van der Waals surface area contributed by atoms with Gasteiger partial charge >= 0.3 is 5.97 Å². The zero-order chi connectivity index (χ0) is 17.1. The molecule has 0 N–H and O–H groups in total. The van der Waals surface area contributed by atoms with E-state index in [0.717, 1.165) is 0 Å². The summed E-state index contributed by atoms with van der Waals surface area (Å²) in [4.78, 5) is 11.9. The lowest BCUT2D eigenvalue weighted by molar-refractivity contribution is -0.144. The highest BCUT2D eigenvalue weighted by Gasteiger charge is 2.16. The van der Waals surface area contributed by atoms with Crippen LogP contribution in [0.3, 0.4) is 0 Å². The van der Waals surface area contributed by atoms with Gasteiger partial charge in [-0.3, -0.25) is 4.79 Å². The van der Waals surface area contributed by atoms with Crippen molar-refractivity contribution in [3.05, 3.63) is 58.9 Å². The van der Waals surface area contributed by atoms with Crippen molar-refractivity contribution in [3.8, 4) is 11.3 Å². The van der Waals surface area contributed by atoms with Gasteiger partial charge in [-0.2, -0.15) is 0 Å². The first-order valence-corrected chi connectivity index (χ1v) is 7.32. The molecule has 0 aliphatic heterocycles. The van der Waals surface area contributed by atoms with Crippen molar-refractivity contribution in [3.63, 3.8) is 0 Å². The maximum Gasteiger partial charge on any atom is 0.310 e. The van der Waals surface area contributed by atoms with Crippen LogP contribution in [0.2, 0.25) is 0 Å². The minimum atomic E-state index is -0.431. The average molecular weight is 330 g/mol. The fourth-order valence-electron chi connectivity index (χ4n) is 2.27. The molecule has 0 atom stereocenters. The third-order valence-electron chi connectivity index (χ3n) is 3.58. The molecule has 0 aliphatic rings. The van der Waals surface area contributed by atoms with Crippen LogP contribution in [0.15, 0.2) is 39.4 Å². The summed E-state index contributed by atoms with van der Waals surface area (Å²) in [5, 5.41) is 7.58. The van der Waals surface area contributed by atoms with Crippen LogP contribution in [0, 0.1) is 19.7 Å². The highest BCUT2D eigenvalue weighted by molar-refractivity contribution is 5.73. The van der Waals surface area contributed by atoms with Gasteiger partial charge in [0, 0.05) is 11.6 Å². The Kier molecular flexibility index (Phi) is 4.41. The summed E-state index contributed by atoms with van der Waals surface area (Å²) >= 11 is 0. The molecule has 0 fully saturated rings. The van der Waals surface area contributed by atoms with Crippen molar-refractivity contribution < 1.29 is 23.0 Å². The van der Waals surface area contributed by atoms with E-state index < -0.39 is 11.8 Å². The Morgan fingerprint density at radius 2 is 2.00 bits per heavy atom. The van der Waals surface area contributed by atoms with Gasteiger partial charge in [0.15, 0.2) is 5.76 Å². The molecule has 0 saturated heterocycles. The molecule has 7 heteroatoms. The largest absolute Gasteiger partial charge is 0.459 e.